The lowest BCUT2D eigenvalue weighted by molar-refractivity contribution is -0.131. The Kier molecular flexibility index (Phi) is 2.79. The fraction of sp³-hybridized carbons (Fsp3) is 0.562. The second-order valence-corrected chi connectivity index (χ2v) is 7.32. The summed E-state index contributed by atoms with van der Waals surface area (Å²) >= 11 is 5.98. The van der Waals surface area contributed by atoms with Crippen LogP contribution in [0.15, 0.2) is 18.2 Å². The molecule has 5 rings (SSSR count). The van der Waals surface area contributed by atoms with Crippen LogP contribution in [0.4, 0.5) is 0 Å². The van der Waals surface area contributed by atoms with E-state index in [-0.39, 0.29) is 17.0 Å². The molecular weight excluding hydrogens is 288 g/mol. The summed E-state index contributed by atoms with van der Waals surface area (Å²) in [6.07, 6.45) is 4.94. The molecule has 0 unspecified atom stereocenters. The van der Waals surface area contributed by atoms with E-state index in [1.165, 1.54) is 0 Å². The maximum atomic E-state index is 12.5. The quantitative estimate of drug-likeness (QED) is 0.880. The van der Waals surface area contributed by atoms with Gasteiger partial charge in [0.1, 0.15) is 5.75 Å². The first-order chi connectivity index (χ1) is 9.97. The lowest BCUT2D eigenvalue weighted by atomic mass is 9.71. The molecule has 3 fully saturated rings. The molecule has 1 heterocycles. The Morgan fingerprint density at radius 1 is 1.38 bits per heavy atom. The van der Waals surface area contributed by atoms with Gasteiger partial charge < -0.3 is 15.8 Å². The van der Waals surface area contributed by atoms with Crippen LogP contribution < -0.4 is 15.8 Å². The average molecular weight is 307 g/mol. The summed E-state index contributed by atoms with van der Waals surface area (Å²) in [7, 11) is 0. The van der Waals surface area contributed by atoms with Crippen LogP contribution in [-0.4, -0.2) is 23.1 Å². The number of hydrogen-bond donors (Lipinski definition) is 2. The molecule has 2 bridgehead atoms. The maximum absolute atomic E-state index is 12.5. The number of amides is 1. The van der Waals surface area contributed by atoms with Crippen molar-refractivity contribution in [2.24, 2.45) is 5.73 Å². The number of nitrogens with two attached hydrogens (primary N) is 1. The van der Waals surface area contributed by atoms with E-state index in [9.17, 15) is 4.79 Å². The van der Waals surface area contributed by atoms with Gasteiger partial charge >= 0.3 is 0 Å². The van der Waals surface area contributed by atoms with Crippen LogP contribution in [0.5, 0.6) is 5.75 Å². The highest BCUT2D eigenvalue weighted by atomic mass is 35.5. The number of halogens is 1. The lowest BCUT2D eigenvalue weighted by Gasteiger charge is -2.46. The maximum Gasteiger partial charge on any atom is 0.261 e. The Hall–Kier alpha value is -1.26. The minimum atomic E-state index is -0.401. The second kappa shape index (κ2) is 4.37. The number of hydrogen-bond acceptors (Lipinski definition) is 3. The molecule has 0 saturated heterocycles. The van der Waals surface area contributed by atoms with Crippen LogP contribution in [0.1, 0.15) is 37.7 Å². The van der Waals surface area contributed by atoms with Crippen LogP contribution in [0.25, 0.3) is 0 Å². The Labute approximate surface area is 129 Å². The van der Waals surface area contributed by atoms with Gasteiger partial charge in [0.05, 0.1) is 0 Å². The average Bonchev–Trinajstić information content (AvgIpc) is 2.91. The predicted octanol–water partition coefficient (Wildman–Crippen LogP) is 2.17. The first-order valence-corrected chi connectivity index (χ1v) is 7.91. The number of carbonyl (C=O) groups is 1. The largest absolute Gasteiger partial charge is 0.480 e. The third-order valence-corrected chi connectivity index (χ3v) is 5.37. The molecule has 0 aromatic heterocycles. The number of rotatable bonds is 2. The number of aryl methyl sites for hydroxylation is 1. The molecule has 1 atom stereocenters. The molecule has 112 valence electrons. The summed E-state index contributed by atoms with van der Waals surface area (Å²) < 4.78 is 5.84. The van der Waals surface area contributed by atoms with Crippen molar-refractivity contribution in [3.05, 3.63) is 28.8 Å². The Balaban J connectivity index is 1.44. The first-order valence-electron chi connectivity index (χ1n) is 7.53. The van der Waals surface area contributed by atoms with E-state index in [0.717, 1.165) is 43.4 Å². The molecule has 3 saturated carbocycles. The fourth-order valence-electron chi connectivity index (χ4n) is 4.17. The van der Waals surface area contributed by atoms with Crippen molar-refractivity contribution >= 4 is 17.5 Å². The van der Waals surface area contributed by atoms with Gasteiger partial charge in [0.25, 0.3) is 5.91 Å². The minimum Gasteiger partial charge on any atom is -0.480 e. The van der Waals surface area contributed by atoms with E-state index >= 15 is 0 Å². The van der Waals surface area contributed by atoms with Gasteiger partial charge in [-0.15, -0.1) is 0 Å². The van der Waals surface area contributed by atoms with Crippen LogP contribution in [0, 0.1) is 0 Å². The summed E-state index contributed by atoms with van der Waals surface area (Å²) in [6.45, 7) is 0. The van der Waals surface area contributed by atoms with Gasteiger partial charge in [-0.3, -0.25) is 4.79 Å². The first kappa shape index (κ1) is 13.4. The highest BCUT2D eigenvalue weighted by molar-refractivity contribution is 6.30. The fourth-order valence-corrected chi connectivity index (χ4v) is 4.37. The van der Waals surface area contributed by atoms with Gasteiger partial charge in [-0.1, -0.05) is 11.6 Å². The second-order valence-electron chi connectivity index (χ2n) is 6.88. The van der Waals surface area contributed by atoms with Gasteiger partial charge in [0, 0.05) is 16.1 Å². The Morgan fingerprint density at radius 3 is 2.90 bits per heavy atom. The van der Waals surface area contributed by atoms with E-state index in [2.05, 4.69) is 5.32 Å². The molecular formula is C16H19ClN2O2. The highest BCUT2D eigenvalue weighted by Gasteiger charge is 2.59. The number of carbonyl (C=O) groups excluding carboxylic acids is 1. The van der Waals surface area contributed by atoms with E-state index in [1.807, 2.05) is 12.1 Å². The smallest absolute Gasteiger partial charge is 0.261 e. The zero-order valence-corrected chi connectivity index (χ0v) is 12.6. The highest BCUT2D eigenvalue weighted by Crippen LogP contribution is 2.53. The standard InChI is InChI=1S/C16H19ClN2O2/c17-11-2-4-12-10(7-11)1-3-13(21-12)14(20)19-16-6-5-15(18,8-16)9-16/h2,4,7,13H,1,3,5-6,8-9,18H2,(H,19,20)/t13-,15?,16?/m1/s1. The molecule has 4 nitrogen and oxygen atoms in total. The molecule has 3 N–H and O–H groups in total. The van der Waals surface area contributed by atoms with Crippen molar-refractivity contribution in [3.63, 3.8) is 0 Å². The molecule has 1 aromatic rings. The molecule has 0 spiro atoms. The SMILES string of the molecule is NC12CCC(NC(=O)[C@H]3CCc4cc(Cl)ccc4O3)(C1)C2. The van der Waals surface area contributed by atoms with Crippen molar-refractivity contribution in [3.8, 4) is 5.75 Å². The Morgan fingerprint density at radius 2 is 2.19 bits per heavy atom. The summed E-state index contributed by atoms with van der Waals surface area (Å²) in [5, 5.41) is 3.90. The number of benzene rings is 1. The van der Waals surface area contributed by atoms with E-state index in [0.29, 0.717) is 11.4 Å². The van der Waals surface area contributed by atoms with E-state index in [1.54, 1.807) is 6.07 Å². The summed E-state index contributed by atoms with van der Waals surface area (Å²) in [4.78, 5) is 12.5. The van der Waals surface area contributed by atoms with Crippen molar-refractivity contribution in [2.45, 2.75) is 55.7 Å². The molecule has 5 heteroatoms. The summed E-state index contributed by atoms with van der Waals surface area (Å²) in [5.41, 5.74) is 7.16. The van der Waals surface area contributed by atoms with Gasteiger partial charge in [-0.25, -0.2) is 0 Å². The van der Waals surface area contributed by atoms with Crippen molar-refractivity contribution in [1.29, 1.82) is 0 Å². The van der Waals surface area contributed by atoms with Crippen LogP contribution in [0.2, 0.25) is 5.02 Å². The topological polar surface area (TPSA) is 64.3 Å². The Bertz CT molecular complexity index is 610. The predicted molar refractivity (Wildman–Crippen MR) is 80.4 cm³/mol. The third kappa shape index (κ3) is 2.21. The zero-order valence-electron chi connectivity index (χ0n) is 11.8. The van der Waals surface area contributed by atoms with E-state index in [4.69, 9.17) is 22.1 Å². The van der Waals surface area contributed by atoms with Crippen LogP contribution in [-0.2, 0) is 11.2 Å². The summed E-state index contributed by atoms with van der Waals surface area (Å²) in [5.74, 6) is 0.774. The van der Waals surface area contributed by atoms with Gasteiger partial charge in [-0.05, 0) is 62.3 Å². The molecule has 4 aliphatic rings. The van der Waals surface area contributed by atoms with Gasteiger partial charge in [0.15, 0.2) is 6.10 Å². The third-order valence-electron chi connectivity index (χ3n) is 5.13. The molecule has 21 heavy (non-hydrogen) atoms. The van der Waals surface area contributed by atoms with Crippen molar-refractivity contribution in [1.82, 2.24) is 5.32 Å². The zero-order chi connectivity index (χ0) is 14.7. The van der Waals surface area contributed by atoms with Crippen molar-refractivity contribution < 1.29 is 9.53 Å². The van der Waals surface area contributed by atoms with Crippen molar-refractivity contribution in [2.75, 3.05) is 0 Å². The number of ether oxygens (including phenoxy) is 1. The molecule has 1 amide bonds. The minimum absolute atomic E-state index is 0.000417. The van der Waals surface area contributed by atoms with E-state index < -0.39 is 6.10 Å². The normalized spacial score (nSPS) is 36.4. The monoisotopic (exact) mass is 306 g/mol. The van der Waals surface area contributed by atoms with Crippen LogP contribution >= 0.6 is 11.6 Å². The molecule has 3 aliphatic carbocycles. The number of fused-ring (bicyclic) bond motifs is 2. The lowest BCUT2D eigenvalue weighted by Crippen LogP contribution is -2.63. The van der Waals surface area contributed by atoms with Gasteiger partial charge in [0.2, 0.25) is 0 Å². The van der Waals surface area contributed by atoms with Gasteiger partial charge in [-0.2, -0.15) is 0 Å². The number of nitrogens with one attached hydrogen (secondary N) is 1. The molecule has 1 aliphatic heterocycles. The molecule has 1 aromatic carbocycles. The molecule has 0 radical (unpaired) electrons. The van der Waals surface area contributed by atoms with Crippen LogP contribution in [0.3, 0.4) is 0 Å². The summed E-state index contributed by atoms with van der Waals surface area (Å²) in [6, 6.07) is 5.56.